The Morgan fingerprint density at radius 2 is 1.67 bits per heavy atom. The lowest BCUT2D eigenvalue weighted by Gasteiger charge is -2.59. The molecule has 4 fully saturated rings. The number of fused-ring (bicyclic) bond motifs is 2. The number of rotatable bonds is 3. The van der Waals surface area contributed by atoms with Gasteiger partial charge in [-0.3, -0.25) is 4.18 Å². The summed E-state index contributed by atoms with van der Waals surface area (Å²) in [4.78, 5) is 0.299. The molecule has 0 aliphatic heterocycles. The molecule has 112 valence electrons. The van der Waals surface area contributed by atoms with Crippen molar-refractivity contribution in [3.05, 3.63) is 29.8 Å². The molecule has 21 heavy (non-hydrogen) atoms. The standard InChI is InChI=1S/C17H20O3S/c1-9-2-4-10(5-3-9)21(18,19)20-14-8-13-11-6-7-12-15(11)17(13)16(12)14/h2-5,11-17H,6-8H2,1H3. The molecule has 7 atom stereocenters. The summed E-state index contributed by atoms with van der Waals surface area (Å²) in [5.41, 5.74) is 1.06. The van der Waals surface area contributed by atoms with E-state index in [1.54, 1.807) is 12.1 Å². The third-order valence-corrected chi connectivity index (χ3v) is 8.09. The summed E-state index contributed by atoms with van der Waals surface area (Å²) in [5.74, 6) is 4.66. The Morgan fingerprint density at radius 3 is 2.43 bits per heavy atom. The number of hydrogen-bond acceptors (Lipinski definition) is 3. The summed E-state index contributed by atoms with van der Waals surface area (Å²) in [7, 11) is -3.60. The maximum Gasteiger partial charge on any atom is 0.297 e. The first-order valence-corrected chi connectivity index (χ1v) is 9.47. The molecule has 5 rings (SSSR count). The van der Waals surface area contributed by atoms with E-state index in [0.29, 0.717) is 10.8 Å². The van der Waals surface area contributed by atoms with Crippen molar-refractivity contribution in [3.63, 3.8) is 0 Å². The van der Waals surface area contributed by atoms with Crippen molar-refractivity contribution in [2.75, 3.05) is 0 Å². The molecule has 4 heteroatoms. The van der Waals surface area contributed by atoms with Crippen LogP contribution in [-0.2, 0) is 14.3 Å². The van der Waals surface area contributed by atoms with Gasteiger partial charge in [-0.05, 0) is 73.8 Å². The average molecular weight is 304 g/mol. The lowest BCUT2D eigenvalue weighted by atomic mass is 9.45. The van der Waals surface area contributed by atoms with Crippen molar-refractivity contribution >= 4 is 10.1 Å². The Bertz CT molecular complexity index is 682. The second kappa shape index (κ2) is 3.90. The minimum absolute atomic E-state index is 0.0575. The van der Waals surface area contributed by atoms with E-state index in [9.17, 15) is 8.42 Å². The van der Waals surface area contributed by atoms with Gasteiger partial charge < -0.3 is 0 Å². The van der Waals surface area contributed by atoms with Gasteiger partial charge >= 0.3 is 0 Å². The van der Waals surface area contributed by atoms with Crippen LogP contribution in [0.4, 0.5) is 0 Å². The van der Waals surface area contributed by atoms with E-state index < -0.39 is 10.1 Å². The molecular weight excluding hydrogens is 284 g/mol. The fraction of sp³-hybridized carbons (Fsp3) is 0.647. The van der Waals surface area contributed by atoms with Gasteiger partial charge in [0.25, 0.3) is 10.1 Å². The van der Waals surface area contributed by atoms with E-state index >= 15 is 0 Å². The highest BCUT2D eigenvalue weighted by Gasteiger charge is 2.74. The van der Waals surface area contributed by atoms with Crippen LogP contribution in [0.15, 0.2) is 29.2 Å². The molecule has 0 amide bonds. The fourth-order valence-corrected chi connectivity index (χ4v) is 7.13. The van der Waals surface area contributed by atoms with Gasteiger partial charge in [0.2, 0.25) is 0 Å². The zero-order valence-electron chi connectivity index (χ0n) is 12.1. The molecule has 1 aromatic rings. The van der Waals surface area contributed by atoms with Crippen LogP contribution in [0.25, 0.3) is 0 Å². The van der Waals surface area contributed by atoms with Gasteiger partial charge in [-0.1, -0.05) is 17.7 Å². The average Bonchev–Trinajstić information content (AvgIpc) is 2.67. The minimum atomic E-state index is -3.60. The molecule has 0 bridgehead atoms. The van der Waals surface area contributed by atoms with E-state index in [1.165, 1.54) is 12.8 Å². The predicted octanol–water partition coefficient (Wildman–Crippen LogP) is 2.99. The molecule has 0 N–H and O–H groups in total. The second-order valence-electron chi connectivity index (χ2n) is 7.44. The first-order valence-electron chi connectivity index (χ1n) is 8.06. The minimum Gasteiger partial charge on any atom is -0.263 e. The van der Waals surface area contributed by atoms with Crippen LogP contribution in [-0.4, -0.2) is 14.5 Å². The second-order valence-corrected chi connectivity index (χ2v) is 9.01. The quantitative estimate of drug-likeness (QED) is 0.806. The summed E-state index contributed by atoms with van der Waals surface area (Å²) >= 11 is 0. The lowest BCUT2D eigenvalue weighted by molar-refractivity contribution is -0.136. The molecule has 0 aromatic heterocycles. The molecule has 4 saturated carbocycles. The predicted molar refractivity (Wildman–Crippen MR) is 78.0 cm³/mol. The Labute approximate surface area is 125 Å². The van der Waals surface area contributed by atoms with Crippen molar-refractivity contribution in [2.24, 2.45) is 35.5 Å². The molecule has 0 heterocycles. The van der Waals surface area contributed by atoms with Crippen LogP contribution in [0.2, 0.25) is 0 Å². The highest BCUT2D eigenvalue weighted by atomic mass is 32.2. The third kappa shape index (κ3) is 1.50. The van der Waals surface area contributed by atoms with Gasteiger partial charge in [0.1, 0.15) is 0 Å². The molecule has 4 aliphatic rings. The SMILES string of the molecule is Cc1ccc(S(=O)(=O)OC2CC3C4CCC5C2C3C45)cc1. The fourth-order valence-electron chi connectivity index (χ4n) is 6.02. The van der Waals surface area contributed by atoms with Crippen molar-refractivity contribution < 1.29 is 12.6 Å². The first-order chi connectivity index (χ1) is 10.1. The summed E-state index contributed by atoms with van der Waals surface area (Å²) in [5, 5.41) is 0. The summed E-state index contributed by atoms with van der Waals surface area (Å²) < 4.78 is 30.6. The molecule has 0 radical (unpaired) electrons. The van der Waals surface area contributed by atoms with E-state index in [2.05, 4.69) is 0 Å². The Hall–Kier alpha value is -0.870. The van der Waals surface area contributed by atoms with Crippen LogP contribution in [0.1, 0.15) is 24.8 Å². The summed E-state index contributed by atoms with van der Waals surface area (Å²) in [6.45, 7) is 1.96. The highest BCUT2D eigenvalue weighted by molar-refractivity contribution is 7.86. The van der Waals surface area contributed by atoms with E-state index in [-0.39, 0.29) is 6.10 Å². The zero-order valence-corrected chi connectivity index (χ0v) is 12.9. The number of hydrogen-bond donors (Lipinski definition) is 0. The van der Waals surface area contributed by atoms with Crippen LogP contribution in [0, 0.1) is 42.4 Å². The normalized spacial score (nSPS) is 45.9. The third-order valence-electron chi connectivity index (χ3n) is 6.74. The molecule has 3 nitrogen and oxygen atoms in total. The van der Waals surface area contributed by atoms with Crippen LogP contribution >= 0.6 is 0 Å². The van der Waals surface area contributed by atoms with E-state index in [4.69, 9.17) is 4.18 Å². The summed E-state index contributed by atoms with van der Waals surface area (Å²) in [6, 6.07) is 6.97. The van der Waals surface area contributed by atoms with Gasteiger partial charge in [-0.25, -0.2) is 0 Å². The Balaban J connectivity index is 1.40. The topological polar surface area (TPSA) is 43.4 Å². The van der Waals surface area contributed by atoms with Crippen molar-refractivity contribution in [2.45, 2.75) is 37.2 Å². The largest absolute Gasteiger partial charge is 0.297 e. The molecule has 4 aliphatic carbocycles. The Kier molecular flexibility index (Phi) is 2.35. The molecule has 1 aromatic carbocycles. The number of aryl methyl sites for hydroxylation is 1. The smallest absolute Gasteiger partial charge is 0.263 e. The summed E-state index contributed by atoms with van der Waals surface area (Å²) in [6.07, 6.45) is 3.60. The van der Waals surface area contributed by atoms with Crippen LogP contribution < -0.4 is 0 Å². The Morgan fingerprint density at radius 1 is 0.952 bits per heavy atom. The van der Waals surface area contributed by atoms with Gasteiger partial charge in [0.05, 0.1) is 11.0 Å². The zero-order chi connectivity index (χ0) is 14.4. The van der Waals surface area contributed by atoms with Crippen LogP contribution in [0.3, 0.4) is 0 Å². The maximum absolute atomic E-state index is 12.5. The van der Waals surface area contributed by atoms with Gasteiger partial charge in [-0.2, -0.15) is 8.42 Å². The molecule has 0 spiro atoms. The van der Waals surface area contributed by atoms with Crippen LogP contribution in [0.5, 0.6) is 0 Å². The van der Waals surface area contributed by atoms with Gasteiger partial charge in [0.15, 0.2) is 0 Å². The number of benzene rings is 1. The highest BCUT2D eigenvalue weighted by Crippen LogP contribution is 2.77. The van der Waals surface area contributed by atoms with Crippen molar-refractivity contribution in [1.82, 2.24) is 0 Å². The van der Waals surface area contributed by atoms with Crippen molar-refractivity contribution in [3.8, 4) is 0 Å². The first kappa shape index (κ1) is 12.7. The van der Waals surface area contributed by atoms with Gasteiger partial charge in [-0.15, -0.1) is 0 Å². The maximum atomic E-state index is 12.5. The molecular formula is C17H20O3S. The molecule has 7 unspecified atom stereocenters. The van der Waals surface area contributed by atoms with E-state index in [1.807, 2.05) is 19.1 Å². The monoisotopic (exact) mass is 304 g/mol. The lowest BCUT2D eigenvalue weighted by Crippen LogP contribution is -2.57. The molecule has 0 saturated heterocycles. The van der Waals surface area contributed by atoms with Gasteiger partial charge in [0, 0.05) is 0 Å². The van der Waals surface area contributed by atoms with Crippen molar-refractivity contribution in [1.29, 1.82) is 0 Å². The van der Waals surface area contributed by atoms with E-state index in [0.717, 1.165) is 41.6 Å².